The van der Waals surface area contributed by atoms with Crippen LogP contribution in [0.4, 0.5) is 0 Å². The van der Waals surface area contributed by atoms with Gasteiger partial charge in [0.2, 0.25) is 0 Å². The van der Waals surface area contributed by atoms with E-state index in [0.717, 1.165) is 17.7 Å². The standard InChI is InChI=1S/C11H13NO/c1-3-9-7-10-11(13-2)5-4-6-12(10)8-9/h4-8H,3H2,1-2H3. The Morgan fingerprint density at radius 2 is 2.31 bits per heavy atom. The summed E-state index contributed by atoms with van der Waals surface area (Å²) in [5.74, 6) is 0.933. The Kier molecular flexibility index (Phi) is 1.97. The van der Waals surface area contributed by atoms with Gasteiger partial charge < -0.3 is 9.14 Å². The zero-order valence-corrected chi connectivity index (χ0v) is 7.95. The molecule has 0 bridgehead atoms. The number of fused-ring (bicyclic) bond motifs is 1. The Labute approximate surface area is 77.8 Å². The Morgan fingerprint density at radius 1 is 1.46 bits per heavy atom. The number of hydrogen-bond donors (Lipinski definition) is 0. The quantitative estimate of drug-likeness (QED) is 0.683. The Bertz CT molecular complexity index is 417. The van der Waals surface area contributed by atoms with Gasteiger partial charge in [0.15, 0.2) is 0 Å². The van der Waals surface area contributed by atoms with Crippen molar-refractivity contribution in [2.24, 2.45) is 0 Å². The molecule has 0 atom stereocenters. The highest BCUT2D eigenvalue weighted by molar-refractivity contribution is 5.61. The minimum atomic E-state index is 0.933. The first-order valence-corrected chi connectivity index (χ1v) is 4.48. The van der Waals surface area contributed by atoms with Crippen molar-refractivity contribution in [3.05, 3.63) is 36.2 Å². The second kappa shape index (κ2) is 3.13. The monoisotopic (exact) mass is 175 g/mol. The second-order valence-corrected chi connectivity index (χ2v) is 3.07. The molecule has 2 heteroatoms. The van der Waals surface area contributed by atoms with Crippen LogP contribution in [0, 0.1) is 0 Å². The summed E-state index contributed by atoms with van der Waals surface area (Å²) in [6.45, 7) is 2.15. The fraction of sp³-hybridized carbons (Fsp3) is 0.273. The molecule has 0 spiro atoms. The Balaban J connectivity index is 2.67. The summed E-state index contributed by atoms with van der Waals surface area (Å²) in [5, 5.41) is 0. The topological polar surface area (TPSA) is 13.6 Å². The Hall–Kier alpha value is -1.44. The van der Waals surface area contributed by atoms with E-state index >= 15 is 0 Å². The van der Waals surface area contributed by atoms with Crippen molar-refractivity contribution in [3.8, 4) is 5.75 Å². The van der Waals surface area contributed by atoms with E-state index in [9.17, 15) is 0 Å². The summed E-state index contributed by atoms with van der Waals surface area (Å²) in [6, 6.07) is 6.14. The van der Waals surface area contributed by atoms with E-state index in [-0.39, 0.29) is 0 Å². The predicted octanol–water partition coefficient (Wildman–Crippen LogP) is 2.51. The van der Waals surface area contributed by atoms with Gasteiger partial charge in [-0.1, -0.05) is 6.92 Å². The number of methoxy groups -OCH3 is 1. The lowest BCUT2D eigenvalue weighted by Crippen LogP contribution is -1.86. The van der Waals surface area contributed by atoms with Crippen LogP contribution in [-0.2, 0) is 6.42 Å². The third-order valence-electron chi connectivity index (χ3n) is 2.28. The maximum absolute atomic E-state index is 5.26. The molecule has 0 aliphatic rings. The second-order valence-electron chi connectivity index (χ2n) is 3.07. The average molecular weight is 175 g/mol. The summed E-state index contributed by atoms with van der Waals surface area (Å²) in [7, 11) is 1.70. The van der Waals surface area contributed by atoms with Crippen molar-refractivity contribution in [1.82, 2.24) is 4.40 Å². The molecule has 0 radical (unpaired) electrons. The van der Waals surface area contributed by atoms with E-state index in [0.29, 0.717) is 0 Å². The SMILES string of the molecule is CCc1cc2c(OC)cccn2c1. The lowest BCUT2D eigenvalue weighted by Gasteiger charge is -2.01. The smallest absolute Gasteiger partial charge is 0.142 e. The normalized spacial score (nSPS) is 10.6. The molecule has 0 saturated heterocycles. The molecule has 0 aliphatic carbocycles. The summed E-state index contributed by atoms with van der Waals surface area (Å²) < 4.78 is 7.36. The third-order valence-corrected chi connectivity index (χ3v) is 2.28. The van der Waals surface area contributed by atoms with Gasteiger partial charge in [-0.05, 0) is 30.2 Å². The number of ether oxygens (including phenoxy) is 1. The number of pyridine rings is 1. The largest absolute Gasteiger partial charge is 0.495 e. The van der Waals surface area contributed by atoms with Crippen LogP contribution in [0.5, 0.6) is 5.75 Å². The lowest BCUT2D eigenvalue weighted by atomic mass is 10.2. The number of nitrogens with zero attached hydrogens (tertiary/aromatic N) is 1. The molecule has 0 aliphatic heterocycles. The van der Waals surface area contributed by atoms with Gasteiger partial charge in [0.1, 0.15) is 5.75 Å². The maximum atomic E-state index is 5.26. The highest BCUT2D eigenvalue weighted by Gasteiger charge is 2.02. The Morgan fingerprint density at radius 3 is 3.00 bits per heavy atom. The van der Waals surface area contributed by atoms with Crippen LogP contribution in [0.3, 0.4) is 0 Å². The molecular formula is C11H13NO. The fourth-order valence-corrected chi connectivity index (χ4v) is 1.53. The zero-order valence-electron chi connectivity index (χ0n) is 7.95. The first kappa shape index (κ1) is 8.17. The van der Waals surface area contributed by atoms with Crippen LogP contribution in [0.25, 0.3) is 5.52 Å². The molecule has 68 valence electrons. The average Bonchev–Trinajstić information content (AvgIpc) is 2.59. The van der Waals surface area contributed by atoms with Crippen molar-refractivity contribution < 1.29 is 4.74 Å². The van der Waals surface area contributed by atoms with Crippen molar-refractivity contribution in [3.63, 3.8) is 0 Å². The van der Waals surface area contributed by atoms with E-state index in [1.165, 1.54) is 5.56 Å². The van der Waals surface area contributed by atoms with Crippen molar-refractivity contribution in [2.75, 3.05) is 7.11 Å². The van der Waals surface area contributed by atoms with Crippen LogP contribution < -0.4 is 4.74 Å². The third kappa shape index (κ3) is 1.28. The minimum absolute atomic E-state index is 0.933. The molecule has 0 N–H and O–H groups in total. The highest BCUT2D eigenvalue weighted by atomic mass is 16.5. The van der Waals surface area contributed by atoms with Gasteiger partial charge in [-0.25, -0.2) is 0 Å². The summed E-state index contributed by atoms with van der Waals surface area (Å²) in [5.41, 5.74) is 2.48. The summed E-state index contributed by atoms with van der Waals surface area (Å²) in [6.07, 6.45) is 5.24. The van der Waals surface area contributed by atoms with Crippen LogP contribution in [0.2, 0.25) is 0 Å². The first-order valence-electron chi connectivity index (χ1n) is 4.48. The zero-order chi connectivity index (χ0) is 9.26. The number of aryl methyl sites for hydroxylation is 1. The predicted molar refractivity (Wildman–Crippen MR) is 53.3 cm³/mol. The molecular weight excluding hydrogens is 162 g/mol. The van der Waals surface area contributed by atoms with E-state index in [4.69, 9.17) is 4.74 Å². The number of rotatable bonds is 2. The molecule has 2 aromatic rings. The van der Waals surface area contributed by atoms with Crippen LogP contribution in [0.1, 0.15) is 12.5 Å². The first-order chi connectivity index (χ1) is 6.35. The van der Waals surface area contributed by atoms with Gasteiger partial charge in [0, 0.05) is 12.4 Å². The molecule has 2 heterocycles. The summed E-state index contributed by atoms with van der Waals surface area (Å²) >= 11 is 0. The van der Waals surface area contributed by atoms with Gasteiger partial charge >= 0.3 is 0 Å². The number of aromatic nitrogens is 1. The molecule has 13 heavy (non-hydrogen) atoms. The molecule has 0 saturated carbocycles. The van der Waals surface area contributed by atoms with Crippen LogP contribution in [0.15, 0.2) is 30.6 Å². The fourth-order valence-electron chi connectivity index (χ4n) is 1.53. The van der Waals surface area contributed by atoms with E-state index in [1.54, 1.807) is 7.11 Å². The van der Waals surface area contributed by atoms with Gasteiger partial charge in [-0.3, -0.25) is 0 Å². The van der Waals surface area contributed by atoms with Crippen molar-refractivity contribution in [1.29, 1.82) is 0 Å². The van der Waals surface area contributed by atoms with Crippen LogP contribution >= 0.6 is 0 Å². The summed E-state index contributed by atoms with van der Waals surface area (Å²) in [4.78, 5) is 0. The lowest BCUT2D eigenvalue weighted by molar-refractivity contribution is 0.418. The van der Waals surface area contributed by atoms with E-state index in [1.807, 2.05) is 18.3 Å². The molecule has 2 nitrogen and oxygen atoms in total. The van der Waals surface area contributed by atoms with Gasteiger partial charge in [0.05, 0.1) is 12.6 Å². The van der Waals surface area contributed by atoms with Gasteiger partial charge in [-0.2, -0.15) is 0 Å². The van der Waals surface area contributed by atoms with E-state index < -0.39 is 0 Å². The molecule has 0 fully saturated rings. The van der Waals surface area contributed by atoms with Gasteiger partial charge in [-0.15, -0.1) is 0 Å². The molecule has 2 aromatic heterocycles. The molecule has 0 amide bonds. The molecule has 2 rings (SSSR count). The number of hydrogen-bond acceptors (Lipinski definition) is 1. The van der Waals surface area contributed by atoms with Gasteiger partial charge in [0.25, 0.3) is 0 Å². The van der Waals surface area contributed by atoms with Crippen LogP contribution in [-0.4, -0.2) is 11.5 Å². The van der Waals surface area contributed by atoms with E-state index in [2.05, 4.69) is 23.6 Å². The van der Waals surface area contributed by atoms with Crippen molar-refractivity contribution >= 4 is 5.52 Å². The minimum Gasteiger partial charge on any atom is -0.495 e. The van der Waals surface area contributed by atoms with Crippen molar-refractivity contribution in [2.45, 2.75) is 13.3 Å². The maximum Gasteiger partial charge on any atom is 0.142 e. The highest BCUT2D eigenvalue weighted by Crippen LogP contribution is 2.21. The molecule has 0 unspecified atom stereocenters. The molecule has 0 aromatic carbocycles.